The molecule has 1 aromatic heterocycles. The van der Waals surface area contributed by atoms with E-state index in [-0.39, 0.29) is 0 Å². The van der Waals surface area contributed by atoms with Crippen LogP contribution in [-0.2, 0) is 6.54 Å². The summed E-state index contributed by atoms with van der Waals surface area (Å²) in [6.07, 6.45) is 4.12. The minimum absolute atomic E-state index is 0.414. The Hall–Kier alpha value is -2.79. The zero-order chi connectivity index (χ0) is 18.6. The maximum absolute atomic E-state index is 5.71. The van der Waals surface area contributed by atoms with E-state index in [9.17, 15) is 0 Å². The van der Waals surface area contributed by atoms with E-state index in [2.05, 4.69) is 22.0 Å². The van der Waals surface area contributed by atoms with E-state index >= 15 is 0 Å². The molecule has 2 aromatic carbocycles. The van der Waals surface area contributed by atoms with Crippen molar-refractivity contribution in [1.29, 1.82) is 0 Å². The molecule has 27 heavy (non-hydrogen) atoms. The Morgan fingerprint density at radius 3 is 2.33 bits per heavy atom. The summed E-state index contributed by atoms with van der Waals surface area (Å²) in [5.41, 5.74) is 3.24. The second-order valence-electron chi connectivity index (χ2n) is 6.77. The quantitative estimate of drug-likeness (QED) is 0.635. The van der Waals surface area contributed by atoms with Crippen LogP contribution in [-0.4, -0.2) is 30.6 Å². The highest BCUT2D eigenvalue weighted by atomic mass is 16.5. The van der Waals surface area contributed by atoms with E-state index in [4.69, 9.17) is 13.9 Å². The molecule has 4 rings (SSSR count). The van der Waals surface area contributed by atoms with Crippen LogP contribution in [0.15, 0.2) is 59.2 Å². The second kappa shape index (κ2) is 7.84. The van der Waals surface area contributed by atoms with E-state index in [1.54, 1.807) is 20.5 Å². The number of ether oxygens (including phenoxy) is 2. The Kier molecular flexibility index (Phi) is 5.12. The molecular formula is C22H24N2O3. The predicted molar refractivity (Wildman–Crippen MR) is 104 cm³/mol. The number of methoxy groups -OCH3 is 2. The van der Waals surface area contributed by atoms with E-state index in [1.165, 1.54) is 12.0 Å². The van der Waals surface area contributed by atoms with Gasteiger partial charge in [-0.1, -0.05) is 12.1 Å². The zero-order valence-electron chi connectivity index (χ0n) is 15.7. The number of rotatable bonds is 6. The van der Waals surface area contributed by atoms with Crippen molar-refractivity contribution in [1.82, 2.24) is 9.88 Å². The average molecular weight is 364 g/mol. The number of hydrogen-bond donors (Lipinski definition) is 0. The van der Waals surface area contributed by atoms with Gasteiger partial charge in [0.15, 0.2) is 0 Å². The molecule has 0 N–H and O–H groups in total. The first-order valence-corrected chi connectivity index (χ1v) is 9.23. The highest BCUT2D eigenvalue weighted by Gasteiger charge is 2.26. The lowest BCUT2D eigenvalue weighted by Gasteiger charge is -2.23. The molecule has 3 aromatic rings. The van der Waals surface area contributed by atoms with Gasteiger partial charge in [0.2, 0.25) is 5.89 Å². The highest BCUT2D eigenvalue weighted by molar-refractivity contribution is 5.54. The van der Waals surface area contributed by atoms with Gasteiger partial charge in [-0.15, -0.1) is 0 Å². The minimum atomic E-state index is 0.414. The Morgan fingerprint density at radius 2 is 1.67 bits per heavy atom. The number of aromatic nitrogens is 1. The SMILES string of the molecule is COc1ccc(-c2nc(CN3CCC[C@H]3c3ccc(OC)cc3)co2)cc1. The summed E-state index contributed by atoms with van der Waals surface area (Å²) in [7, 11) is 3.36. The van der Waals surface area contributed by atoms with Gasteiger partial charge in [-0.2, -0.15) is 0 Å². The molecule has 5 nitrogen and oxygen atoms in total. The van der Waals surface area contributed by atoms with Crippen molar-refractivity contribution in [2.24, 2.45) is 0 Å². The maximum atomic E-state index is 5.71. The topological polar surface area (TPSA) is 47.7 Å². The van der Waals surface area contributed by atoms with Gasteiger partial charge in [0.1, 0.15) is 17.8 Å². The molecule has 0 spiro atoms. The van der Waals surface area contributed by atoms with Gasteiger partial charge < -0.3 is 13.9 Å². The van der Waals surface area contributed by atoms with Crippen LogP contribution in [0, 0.1) is 0 Å². The molecule has 0 unspecified atom stereocenters. The van der Waals surface area contributed by atoms with Crippen LogP contribution < -0.4 is 9.47 Å². The van der Waals surface area contributed by atoms with Gasteiger partial charge in [-0.05, 0) is 61.3 Å². The fourth-order valence-corrected chi connectivity index (χ4v) is 3.67. The third-order valence-corrected chi connectivity index (χ3v) is 5.12. The first-order valence-electron chi connectivity index (χ1n) is 9.23. The number of likely N-dealkylation sites (tertiary alicyclic amines) is 1. The monoisotopic (exact) mass is 364 g/mol. The van der Waals surface area contributed by atoms with E-state index in [1.807, 2.05) is 36.4 Å². The third kappa shape index (κ3) is 3.83. The summed E-state index contributed by atoms with van der Waals surface area (Å²) in [5, 5.41) is 0. The highest BCUT2D eigenvalue weighted by Crippen LogP contribution is 2.34. The molecule has 140 valence electrons. The third-order valence-electron chi connectivity index (χ3n) is 5.12. The smallest absolute Gasteiger partial charge is 0.226 e. The molecule has 1 saturated heterocycles. The number of hydrogen-bond acceptors (Lipinski definition) is 5. The van der Waals surface area contributed by atoms with Gasteiger partial charge in [0.25, 0.3) is 0 Å². The summed E-state index contributed by atoms with van der Waals surface area (Å²) >= 11 is 0. The van der Waals surface area contributed by atoms with Crippen molar-refractivity contribution in [3.05, 3.63) is 66.1 Å². The van der Waals surface area contributed by atoms with Crippen molar-refractivity contribution in [3.63, 3.8) is 0 Å². The maximum Gasteiger partial charge on any atom is 0.226 e. The molecule has 1 aliphatic heterocycles. The van der Waals surface area contributed by atoms with E-state index in [0.717, 1.165) is 42.3 Å². The van der Waals surface area contributed by atoms with Crippen LogP contribution in [0.2, 0.25) is 0 Å². The molecule has 0 radical (unpaired) electrons. The summed E-state index contributed by atoms with van der Waals surface area (Å²) in [5.74, 6) is 2.36. The Morgan fingerprint density at radius 1 is 1.00 bits per heavy atom. The molecule has 0 bridgehead atoms. The number of benzene rings is 2. The summed E-state index contributed by atoms with van der Waals surface area (Å²) < 4.78 is 16.2. The predicted octanol–water partition coefficient (Wildman–Crippen LogP) is 4.70. The fourth-order valence-electron chi connectivity index (χ4n) is 3.67. The average Bonchev–Trinajstić information content (AvgIpc) is 3.38. The van der Waals surface area contributed by atoms with Crippen molar-refractivity contribution < 1.29 is 13.9 Å². The summed E-state index contributed by atoms with van der Waals surface area (Å²) in [6.45, 7) is 1.86. The Labute approximate surface area is 159 Å². The molecule has 1 atom stereocenters. The lowest BCUT2D eigenvalue weighted by molar-refractivity contribution is 0.245. The molecule has 2 heterocycles. The van der Waals surface area contributed by atoms with Crippen LogP contribution >= 0.6 is 0 Å². The largest absolute Gasteiger partial charge is 0.497 e. The number of nitrogens with zero attached hydrogens (tertiary/aromatic N) is 2. The Balaban J connectivity index is 1.47. The molecule has 0 saturated carbocycles. The van der Waals surface area contributed by atoms with E-state index < -0.39 is 0 Å². The zero-order valence-corrected chi connectivity index (χ0v) is 15.7. The van der Waals surface area contributed by atoms with Crippen LogP contribution in [0.5, 0.6) is 11.5 Å². The first-order chi connectivity index (χ1) is 13.3. The standard InChI is InChI=1S/C22H24N2O3/c1-25-19-9-5-16(6-10-19)21-4-3-13-24(21)14-18-15-27-22(23-18)17-7-11-20(26-2)12-8-17/h5-12,15,21H,3-4,13-14H2,1-2H3/t21-/m0/s1. The summed E-state index contributed by atoms with van der Waals surface area (Å²) in [6, 6.07) is 16.6. The molecular weight excluding hydrogens is 340 g/mol. The summed E-state index contributed by atoms with van der Waals surface area (Å²) in [4.78, 5) is 7.16. The first kappa shape index (κ1) is 17.6. The molecule has 1 fully saturated rings. The van der Waals surface area contributed by atoms with Crippen molar-refractivity contribution in [3.8, 4) is 23.0 Å². The van der Waals surface area contributed by atoms with Gasteiger partial charge >= 0.3 is 0 Å². The molecule has 5 heteroatoms. The van der Waals surface area contributed by atoms with Crippen LogP contribution in [0.4, 0.5) is 0 Å². The van der Waals surface area contributed by atoms with E-state index in [0.29, 0.717) is 11.9 Å². The van der Waals surface area contributed by atoms with Gasteiger partial charge in [0.05, 0.1) is 19.9 Å². The molecule has 0 aliphatic carbocycles. The van der Waals surface area contributed by atoms with Crippen LogP contribution in [0.25, 0.3) is 11.5 Å². The van der Waals surface area contributed by atoms with Gasteiger partial charge in [-0.25, -0.2) is 4.98 Å². The lowest BCUT2D eigenvalue weighted by Crippen LogP contribution is -2.22. The normalized spacial score (nSPS) is 17.2. The van der Waals surface area contributed by atoms with Crippen molar-refractivity contribution in [2.45, 2.75) is 25.4 Å². The van der Waals surface area contributed by atoms with Crippen LogP contribution in [0.1, 0.15) is 30.1 Å². The Bertz CT molecular complexity index is 871. The van der Waals surface area contributed by atoms with Gasteiger partial charge in [0, 0.05) is 18.2 Å². The number of oxazole rings is 1. The van der Waals surface area contributed by atoms with Gasteiger partial charge in [-0.3, -0.25) is 4.90 Å². The van der Waals surface area contributed by atoms with Crippen molar-refractivity contribution in [2.75, 3.05) is 20.8 Å². The minimum Gasteiger partial charge on any atom is -0.497 e. The fraction of sp³-hybridized carbons (Fsp3) is 0.318. The lowest BCUT2D eigenvalue weighted by atomic mass is 10.0. The van der Waals surface area contributed by atoms with Crippen molar-refractivity contribution >= 4 is 0 Å². The molecule has 1 aliphatic rings. The van der Waals surface area contributed by atoms with Crippen LogP contribution in [0.3, 0.4) is 0 Å². The second-order valence-corrected chi connectivity index (χ2v) is 6.77. The molecule has 0 amide bonds.